The Morgan fingerprint density at radius 2 is 1.92 bits per heavy atom. The number of ether oxygens (including phenoxy) is 3. The second-order valence-electron chi connectivity index (χ2n) is 8.93. The van der Waals surface area contributed by atoms with Crippen molar-refractivity contribution in [1.29, 1.82) is 0 Å². The number of hydrogen-bond acceptors (Lipinski definition) is 7. The molecular formula is C27H26F2N2O5. The molecule has 2 heterocycles. The number of carbonyl (C=O) groups excluding carboxylic acids is 1. The maximum Gasteiger partial charge on any atom is 0.302 e. The number of esters is 1. The molecule has 0 radical (unpaired) electrons. The molecule has 1 saturated carbocycles. The Morgan fingerprint density at radius 3 is 2.58 bits per heavy atom. The molecule has 0 bridgehead atoms. The second kappa shape index (κ2) is 10.1. The number of rotatable bonds is 7. The van der Waals surface area contributed by atoms with Gasteiger partial charge >= 0.3 is 5.97 Å². The first-order valence-electron chi connectivity index (χ1n) is 11.8. The van der Waals surface area contributed by atoms with Crippen molar-refractivity contribution in [2.45, 2.75) is 50.7 Å². The molecule has 0 spiro atoms. The van der Waals surface area contributed by atoms with Crippen LogP contribution < -0.4 is 9.47 Å². The maximum absolute atomic E-state index is 12.9. The zero-order valence-electron chi connectivity index (χ0n) is 19.9. The van der Waals surface area contributed by atoms with Crippen LogP contribution in [0.15, 0.2) is 58.4 Å². The zero-order valence-corrected chi connectivity index (χ0v) is 19.9. The fraction of sp³-hybridized carbons (Fsp3) is 0.370. The van der Waals surface area contributed by atoms with Gasteiger partial charge in [-0.3, -0.25) is 9.79 Å². The molecule has 7 nitrogen and oxygen atoms in total. The van der Waals surface area contributed by atoms with E-state index >= 15 is 0 Å². The van der Waals surface area contributed by atoms with Crippen LogP contribution in [0.4, 0.5) is 8.78 Å². The van der Waals surface area contributed by atoms with Gasteiger partial charge in [-0.1, -0.05) is 24.3 Å². The lowest BCUT2D eigenvalue weighted by Crippen LogP contribution is -2.36. The van der Waals surface area contributed by atoms with Crippen molar-refractivity contribution < 1.29 is 32.2 Å². The Balaban J connectivity index is 1.56. The van der Waals surface area contributed by atoms with Crippen LogP contribution in [0.25, 0.3) is 11.3 Å². The van der Waals surface area contributed by atoms with Gasteiger partial charge in [0.15, 0.2) is 23.7 Å². The van der Waals surface area contributed by atoms with Crippen molar-refractivity contribution >= 4 is 11.7 Å². The van der Waals surface area contributed by atoms with Crippen LogP contribution in [0.5, 0.6) is 11.5 Å². The zero-order chi connectivity index (χ0) is 25.2. The normalized spacial score (nSPS) is 20.8. The molecule has 3 unspecified atom stereocenters. The minimum Gasteiger partial charge on any atom is -0.493 e. The standard InChI is InChI=1S/C27H26F2N2O5/c1-15(32)36-18-7-8-22-20(9-18)19-10-24(34-13-26(28)29)23(33-2)11-21(19)27(31-22)17-5-3-16(4-6-17)25-12-30-14-35-25/h3-6,10-12,14,18,20,22,26H,7-9,13H2,1-2H3. The van der Waals surface area contributed by atoms with E-state index < -0.39 is 13.0 Å². The molecule has 2 aliphatic rings. The quantitative estimate of drug-likeness (QED) is 0.407. The van der Waals surface area contributed by atoms with Crippen LogP contribution in [0.2, 0.25) is 0 Å². The first-order valence-corrected chi connectivity index (χ1v) is 11.8. The van der Waals surface area contributed by atoms with Crippen LogP contribution in [-0.4, -0.2) is 49.0 Å². The average molecular weight is 497 g/mol. The van der Waals surface area contributed by atoms with E-state index in [1.807, 2.05) is 24.3 Å². The minimum atomic E-state index is -2.61. The number of aliphatic imine (C=N–C) groups is 1. The first-order chi connectivity index (χ1) is 17.4. The summed E-state index contributed by atoms with van der Waals surface area (Å²) in [4.78, 5) is 20.7. The Hall–Kier alpha value is -3.75. The van der Waals surface area contributed by atoms with Crippen molar-refractivity contribution in [3.05, 3.63) is 65.7 Å². The molecule has 188 valence electrons. The van der Waals surface area contributed by atoms with Gasteiger partial charge in [0.2, 0.25) is 0 Å². The largest absolute Gasteiger partial charge is 0.493 e. The topological polar surface area (TPSA) is 83.2 Å². The molecular weight excluding hydrogens is 470 g/mol. The van der Waals surface area contributed by atoms with E-state index in [-0.39, 0.29) is 29.8 Å². The summed E-state index contributed by atoms with van der Waals surface area (Å²) < 4.78 is 47.6. The summed E-state index contributed by atoms with van der Waals surface area (Å²) >= 11 is 0. The first kappa shape index (κ1) is 24.0. The van der Waals surface area contributed by atoms with Gasteiger partial charge in [0, 0.05) is 29.5 Å². The van der Waals surface area contributed by atoms with E-state index in [1.165, 1.54) is 20.4 Å². The van der Waals surface area contributed by atoms with Crippen molar-refractivity contribution in [3.8, 4) is 22.8 Å². The van der Waals surface area contributed by atoms with Crippen LogP contribution in [0, 0.1) is 0 Å². The molecule has 0 amide bonds. The number of alkyl halides is 2. The fourth-order valence-electron chi connectivity index (χ4n) is 5.08. The van der Waals surface area contributed by atoms with Gasteiger partial charge in [0.05, 0.1) is 25.1 Å². The van der Waals surface area contributed by atoms with Gasteiger partial charge in [-0.15, -0.1) is 0 Å². The Bertz CT molecular complexity index is 1260. The van der Waals surface area contributed by atoms with Crippen molar-refractivity contribution in [1.82, 2.24) is 4.98 Å². The van der Waals surface area contributed by atoms with E-state index in [1.54, 1.807) is 18.3 Å². The smallest absolute Gasteiger partial charge is 0.302 e. The molecule has 1 fully saturated rings. The van der Waals surface area contributed by atoms with Gasteiger partial charge < -0.3 is 18.6 Å². The lowest BCUT2D eigenvalue weighted by atomic mass is 9.74. The summed E-state index contributed by atoms with van der Waals surface area (Å²) in [6.07, 6.45) is 2.25. The summed E-state index contributed by atoms with van der Waals surface area (Å²) in [7, 11) is 1.48. The number of nitrogens with zero attached hydrogens (tertiary/aromatic N) is 2. The van der Waals surface area contributed by atoms with Gasteiger partial charge in [-0.05, 0) is 37.0 Å². The third-order valence-corrected chi connectivity index (χ3v) is 6.62. The predicted molar refractivity (Wildman–Crippen MR) is 128 cm³/mol. The molecule has 1 aliphatic carbocycles. The highest BCUT2D eigenvalue weighted by molar-refractivity contribution is 6.15. The number of halogens is 2. The lowest BCUT2D eigenvalue weighted by Gasteiger charge is -2.38. The Kier molecular flexibility index (Phi) is 6.71. The highest BCUT2D eigenvalue weighted by Gasteiger charge is 2.38. The summed E-state index contributed by atoms with van der Waals surface area (Å²) in [5.41, 5.74) is 4.35. The number of carbonyl (C=O) groups is 1. The van der Waals surface area contributed by atoms with E-state index in [0.717, 1.165) is 34.4 Å². The summed E-state index contributed by atoms with van der Waals surface area (Å²) in [6.45, 7) is 0.671. The monoisotopic (exact) mass is 496 g/mol. The summed E-state index contributed by atoms with van der Waals surface area (Å²) in [5.74, 6) is 0.910. The van der Waals surface area contributed by atoms with E-state index in [2.05, 4.69) is 4.98 Å². The number of aromatic nitrogens is 1. The SMILES string of the molecule is COc1cc2c(cc1OCC(F)F)C1CC(OC(C)=O)CCC1N=C2c1ccc(-c2cnco2)cc1. The minimum absolute atomic E-state index is 0.0374. The number of hydrogen-bond donors (Lipinski definition) is 0. The number of methoxy groups -OCH3 is 1. The van der Waals surface area contributed by atoms with E-state index in [9.17, 15) is 13.6 Å². The molecule has 2 aromatic carbocycles. The van der Waals surface area contributed by atoms with Gasteiger partial charge in [0.1, 0.15) is 12.7 Å². The Labute approximate surface area is 207 Å². The fourth-order valence-corrected chi connectivity index (χ4v) is 5.08. The lowest BCUT2D eigenvalue weighted by molar-refractivity contribution is -0.148. The van der Waals surface area contributed by atoms with Gasteiger partial charge in [0.25, 0.3) is 6.43 Å². The van der Waals surface area contributed by atoms with Crippen LogP contribution in [-0.2, 0) is 9.53 Å². The molecule has 0 N–H and O–H groups in total. The second-order valence-corrected chi connectivity index (χ2v) is 8.93. The highest BCUT2D eigenvalue weighted by Crippen LogP contribution is 2.45. The highest BCUT2D eigenvalue weighted by atomic mass is 19.3. The van der Waals surface area contributed by atoms with Crippen LogP contribution >= 0.6 is 0 Å². The van der Waals surface area contributed by atoms with Crippen molar-refractivity contribution in [2.24, 2.45) is 4.99 Å². The van der Waals surface area contributed by atoms with E-state index in [0.29, 0.717) is 24.4 Å². The third-order valence-electron chi connectivity index (χ3n) is 6.62. The van der Waals surface area contributed by atoms with Crippen LogP contribution in [0.3, 0.4) is 0 Å². The van der Waals surface area contributed by atoms with E-state index in [4.69, 9.17) is 23.6 Å². The van der Waals surface area contributed by atoms with Crippen molar-refractivity contribution in [2.75, 3.05) is 13.7 Å². The molecule has 9 heteroatoms. The Morgan fingerprint density at radius 1 is 1.14 bits per heavy atom. The molecule has 1 aliphatic heterocycles. The molecule has 36 heavy (non-hydrogen) atoms. The summed E-state index contributed by atoms with van der Waals surface area (Å²) in [5, 5.41) is 0. The average Bonchev–Trinajstić information content (AvgIpc) is 3.41. The summed E-state index contributed by atoms with van der Waals surface area (Å²) in [6, 6.07) is 11.4. The molecule has 3 atom stereocenters. The molecule has 5 rings (SSSR count). The number of oxazole rings is 1. The predicted octanol–water partition coefficient (Wildman–Crippen LogP) is 5.41. The maximum atomic E-state index is 12.9. The molecule has 0 saturated heterocycles. The third kappa shape index (κ3) is 4.82. The number of benzene rings is 2. The van der Waals surface area contributed by atoms with Gasteiger partial charge in [-0.25, -0.2) is 13.8 Å². The molecule has 1 aromatic heterocycles. The van der Waals surface area contributed by atoms with Gasteiger partial charge in [-0.2, -0.15) is 0 Å². The van der Waals surface area contributed by atoms with Crippen LogP contribution in [0.1, 0.15) is 48.8 Å². The molecule has 3 aromatic rings. The number of fused-ring (bicyclic) bond motifs is 3. The van der Waals surface area contributed by atoms with Crippen molar-refractivity contribution in [3.63, 3.8) is 0 Å².